The lowest BCUT2D eigenvalue weighted by atomic mass is 9.99. The molecule has 1 aliphatic carbocycles. The molecule has 2 rings (SSSR count). The van der Waals surface area contributed by atoms with Gasteiger partial charge in [0.05, 0.1) is 11.6 Å². The van der Waals surface area contributed by atoms with E-state index in [0.29, 0.717) is 4.48 Å². The fourth-order valence-corrected chi connectivity index (χ4v) is 1.93. The molecule has 2 atom stereocenters. The summed E-state index contributed by atoms with van der Waals surface area (Å²) in [6, 6.07) is -0.855. The molecular weight excluding hydrogens is 263 g/mol. The molecule has 0 radical (unpaired) electrons. The van der Waals surface area contributed by atoms with Gasteiger partial charge in [0.15, 0.2) is 0 Å². The van der Waals surface area contributed by atoms with Crippen molar-refractivity contribution in [3.8, 4) is 0 Å². The molecule has 0 spiro atoms. The third kappa shape index (κ3) is 1.56. The molecule has 0 bridgehead atoms. The van der Waals surface area contributed by atoms with Crippen LogP contribution in [-0.2, 0) is 0 Å². The van der Waals surface area contributed by atoms with E-state index in [1.807, 2.05) is 0 Å². The summed E-state index contributed by atoms with van der Waals surface area (Å²) >= 11 is 3.05. The van der Waals surface area contributed by atoms with Gasteiger partial charge in [-0.3, -0.25) is 5.43 Å². The van der Waals surface area contributed by atoms with Crippen molar-refractivity contribution < 1.29 is 13.2 Å². The molecule has 14 heavy (non-hydrogen) atoms. The van der Waals surface area contributed by atoms with Crippen molar-refractivity contribution in [3.05, 3.63) is 22.2 Å². The Morgan fingerprint density at radius 3 is 2.79 bits per heavy atom. The van der Waals surface area contributed by atoms with Gasteiger partial charge in [-0.2, -0.15) is 18.3 Å². The molecule has 0 aromatic carbocycles. The van der Waals surface area contributed by atoms with Crippen LogP contribution in [0.15, 0.2) is 32.5 Å². The van der Waals surface area contributed by atoms with E-state index in [4.69, 9.17) is 0 Å². The maximum Gasteiger partial charge on any atom is 0.416 e. The third-order valence-corrected chi connectivity index (χ3v) is 2.69. The minimum Gasteiger partial charge on any atom is -0.282 e. The number of nitrogens with zero attached hydrogens (tertiary/aromatic N) is 2. The summed E-state index contributed by atoms with van der Waals surface area (Å²) in [5.41, 5.74) is 1.83. The highest BCUT2D eigenvalue weighted by molar-refractivity contribution is 9.11. The first-order chi connectivity index (χ1) is 6.48. The van der Waals surface area contributed by atoms with Crippen molar-refractivity contribution in [2.75, 3.05) is 0 Å². The van der Waals surface area contributed by atoms with E-state index in [-0.39, 0.29) is 6.04 Å². The second-order valence-electron chi connectivity index (χ2n) is 2.96. The number of hydrogen-bond donors (Lipinski definition) is 1. The maximum atomic E-state index is 12.3. The lowest BCUT2D eigenvalue weighted by molar-refractivity contribution is -0.0888. The molecule has 0 saturated carbocycles. The Labute approximate surface area is 85.9 Å². The first kappa shape index (κ1) is 9.70. The lowest BCUT2D eigenvalue weighted by Crippen LogP contribution is -2.33. The normalized spacial score (nSPS) is 30.6. The van der Waals surface area contributed by atoms with Crippen molar-refractivity contribution in [2.45, 2.75) is 18.3 Å². The summed E-state index contributed by atoms with van der Waals surface area (Å²) in [5.74, 6) is 0. The second kappa shape index (κ2) is 3.08. The molecule has 3 nitrogen and oxygen atoms in total. The second-order valence-corrected chi connectivity index (χ2v) is 3.88. The highest BCUT2D eigenvalue weighted by Crippen LogP contribution is 2.35. The summed E-state index contributed by atoms with van der Waals surface area (Å²) in [5, 5.41) is 7.23. The minimum atomic E-state index is -4.33. The number of allylic oxidation sites excluding steroid dienone is 2. The number of halogens is 4. The highest BCUT2D eigenvalue weighted by Gasteiger charge is 2.39. The van der Waals surface area contributed by atoms with Gasteiger partial charge in [0.25, 0.3) is 0 Å². The summed E-state index contributed by atoms with van der Waals surface area (Å²) in [6.45, 7) is 0. The fraction of sp³-hybridized carbons (Fsp3) is 0.429. The van der Waals surface area contributed by atoms with E-state index in [2.05, 4.69) is 31.7 Å². The first-order valence-electron chi connectivity index (χ1n) is 3.80. The molecule has 0 saturated heterocycles. The predicted octanol–water partition coefficient (Wildman–Crippen LogP) is 2.48. The molecule has 1 N–H and O–H groups in total. The van der Waals surface area contributed by atoms with E-state index in [1.54, 1.807) is 0 Å². The van der Waals surface area contributed by atoms with Crippen LogP contribution in [0.25, 0.3) is 0 Å². The van der Waals surface area contributed by atoms with Crippen LogP contribution in [0.4, 0.5) is 13.2 Å². The summed E-state index contributed by atoms with van der Waals surface area (Å²) in [7, 11) is 0. The third-order valence-electron chi connectivity index (χ3n) is 1.99. The van der Waals surface area contributed by atoms with Gasteiger partial charge >= 0.3 is 6.18 Å². The standard InChI is InChI=1S/C7H5BrF3N3/c8-4-1-3(7(9,10)11)2-5-6(4)13-14-12-5/h1-2,5-6H,(H,12,13)/t5-,6-/m1/s1. The Kier molecular flexibility index (Phi) is 2.13. The van der Waals surface area contributed by atoms with Gasteiger partial charge in [0, 0.05) is 4.48 Å². The van der Waals surface area contributed by atoms with Gasteiger partial charge in [0.1, 0.15) is 6.04 Å². The number of rotatable bonds is 0. The van der Waals surface area contributed by atoms with E-state index in [0.717, 1.165) is 12.2 Å². The molecule has 0 fully saturated rings. The summed E-state index contributed by atoms with van der Waals surface area (Å²) in [4.78, 5) is 0. The van der Waals surface area contributed by atoms with Crippen LogP contribution < -0.4 is 5.43 Å². The van der Waals surface area contributed by atoms with E-state index in [9.17, 15) is 13.2 Å². The number of nitrogens with one attached hydrogen (secondary N) is 1. The number of fused-ring (bicyclic) bond motifs is 1. The van der Waals surface area contributed by atoms with Crippen LogP contribution in [-0.4, -0.2) is 18.3 Å². The molecule has 0 aromatic rings. The molecule has 0 amide bonds. The zero-order valence-corrected chi connectivity index (χ0v) is 8.30. The quantitative estimate of drug-likeness (QED) is 0.719. The zero-order valence-electron chi connectivity index (χ0n) is 6.72. The van der Waals surface area contributed by atoms with Gasteiger partial charge in [-0.25, -0.2) is 0 Å². The maximum absolute atomic E-state index is 12.3. The van der Waals surface area contributed by atoms with E-state index in [1.165, 1.54) is 0 Å². The summed E-state index contributed by atoms with van der Waals surface area (Å²) in [6.07, 6.45) is -2.20. The SMILES string of the molecule is FC(F)(F)C1=C[C@H]2NN=N[C@@H]2C(Br)=C1. The molecule has 76 valence electrons. The average Bonchev–Trinajstić information content (AvgIpc) is 2.50. The Morgan fingerprint density at radius 2 is 2.14 bits per heavy atom. The van der Waals surface area contributed by atoms with Crippen LogP contribution in [0.2, 0.25) is 0 Å². The minimum absolute atomic E-state index is 0.360. The average molecular weight is 268 g/mol. The Bertz CT molecular complexity index is 345. The molecule has 1 aliphatic heterocycles. The smallest absolute Gasteiger partial charge is 0.282 e. The molecule has 0 unspecified atom stereocenters. The Balaban J connectivity index is 2.32. The topological polar surface area (TPSA) is 36.8 Å². The highest BCUT2D eigenvalue weighted by atomic mass is 79.9. The van der Waals surface area contributed by atoms with Gasteiger partial charge in [-0.05, 0) is 12.2 Å². The van der Waals surface area contributed by atoms with Gasteiger partial charge in [0.2, 0.25) is 0 Å². The number of alkyl halides is 3. The monoisotopic (exact) mass is 267 g/mol. The van der Waals surface area contributed by atoms with Crippen molar-refractivity contribution in [1.29, 1.82) is 0 Å². The van der Waals surface area contributed by atoms with E-state index < -0.39 is 17.8 Å². The molecule has 2 aliphatic rings. The summed E-state index contributed by atoms with van der Waals surface area (Å²) < 4.78 is 37.4. The van der Waals surface area contributed by atoms with Crippen LogP contribution in [0.5, 0.6) is 0 Å². The van der Waals surface area contributed by atoms with Crippen molar-refractivity contribution >= 4 is 15.9 Å². The van der Waals surface area contributed by atoms with Crippen LogP contribution >= 0.6 is 15.9 Å². The molecular formula is C7H5BrF3N3. The van der Waals surface area contributed by atoms with Crippen LogP contribution in [0.1, 0.15) is 0 Å². The van der Waals surface area contributed by atoms with Crippen molar-refractivity contribution in [3.63, 3.8) is 0 Å². The first-order valence-corrected chi connectivity index (χ1v) is 4.59. The van der Waals surface area contributed by atoms with Crippen LogP contribution in [0.3, 0.4) is 0 Å². The fourth-order valence-electron chi connectivity index (χ4n) is 1.31. The zero-order chi connectivity index (χ0) is 10.3. The van der Waals surface area contributed by atoms with Crippen molar-refractivity contribution in [1.82, 2.24) is 5.43 Å². The Hall–Kier alpha value is -0.850. The lowest BCUT2D eigenvalue weighted by Gasteiger charge is -2.20. The van der Waals surface area contributed by atoms with Gasteiger partial charge in [-0.15, -0.1) is 0 Å². The van der Waals surface area contributed by atoms with Gasteiger partial charge in [-0.1, -0.05) is 21.2 Å². The van der Waals surface area contributed by atoms with E-state index >= 15 is 0 Å². The number of hydrogen-bond acceptors (Lipinski definition) is 3. The molecule has 0 aromatic heterocycles. The predicted molar refractivity (Wildman–Crippen MR) is 46.7 cm³/mol. The molecule has 1 heterocycles. The largest absolute Gasteiger partial charge is 0.416 e. The van der Waals surface area contributed by atoms with Crippen LogP contribution in [0, 0.1) is 0 Å². The Morgan fingerprint density at radius 1 is 1.43 bits per heavy atom. The van der Waals surface area contributed by atoms with Gasteiger partial charge < -0.3 is 0 Å². The molecule has 7 heteroatoms. The van der Waals surface area contributed by atoms with Crippen molar-refractivity contribution in [2.24, 2.45) is 10.3 Å².